The normalized spacial score (nSPS) is 25.7. The summed E-state index contributed by atoms with van der Waals surface area (Å²) in [6.45, 7) is 1.07. The van der Waals surface area contributed by atoms with Crippen molar-refractivity contribution in [3.63, 3.8) is 0 Å². The molecule has 0 bridgehead atoms. The fourth-order valence-corrected chi connectivity index (χ4v) is 1.99. The Kier molecular flexibility index (Phi) is 2.82. The SMILES string of the molecule is CO[C@]1(c2cc(=O)cc(Cl)[nH]2)CCOC1. The number of hydrogen-bond donors (Lipinski definition) is 1. The average Bonchev–Trinajstić information content (AvgIpc) is 2.65. The van der Waals surface area contributed by atoms with Crippen LogP contribution in [0.3, 0.4) is 0 Å². The van der Waals surface area contributed by atoms with Crippen LogP contribution >= 0.6 is 11.6 Å². The van der Waals surface area contributed by atoms with Gasteiger partial charge < -0.3 is 14.5 Å². The predicted octanol–water partition coefficient (Wildman–Crippen LogP) is 1.29. The highest BCUT2D eigenvalue weighted by molar-refractivity contribution is 6.29. The lowest BCUT2D eigenvalue weighted by atomic mass is 9.98. The first-order chi connectivity index (χ1) is 7.16. The number of halogens is 1. The molecule has 1 aromatic heterocycles. The Bertz CT molecular complexity index is 409. The van der Waals surface area contributed by atoms with Crippen LogP contribution in [0.15, 0.2) is 16.9 Å². The largest absolute Gasteiger partial charge is 0.378 e. The molecule has 1 N–H and O–H groups in total. The molecule has 5 heteroatoms. The van der Waals surface area contributed by atoms with Crippen molar-refractivity contribution in [3.8, 4) is 0 Å². The van der Waals surface area contributed by atoms with Gasteiger partial charge in [-0.3, -0.25) is 4.79 Å². The molecule has 82 valence electrons. The first-order valence-corrected chi connectivity index (χ1v) is 5.07. The second kappa shape index (κ2) is 3.96. The fourth-order valence-electron chi connectivity index (χ4n) is 1.78. The van der Waals surface area contributed by atoms with E-state index >= 15 is 0 Å². The van der Waals surface area contributed by atoms with E-state index in [0.29, 0.717) is 24.1 Å². The van der Waals surface area contributed by atoms with Crippen molar-refractivity contribution in [3.05, 3.63) is 33.2 Å². The van der Waals surface area contributed by atoms with Crippen molar-refractivity contribution in [2.45, 2.75) is 12.0 Å². The third-order valence-electron chi connectivity index (χ3n) is 2.68. The Morgan fingerprint density at radius 2 is 2.40 bits per heavy atom. The Labute approximate surface area is 92.2 Å². The van der Waals surface area contributed by atoms with Crippen LogP contribution < -0.4 is 5.43 Å². The van der Waals surface area contributed by atoms with Gasteiger partial charge in [0.15, 0.2) is 5.43 Å². The van der Waals surface area contributed by atoms with E-state index in [-0.39, 0.29) is 5.43 Å². The molecule has 1 aliphatic heterocycles. The highest BCUT2D eigenvalue weighted by Gasteiger charge is 2.38. The van der Waals surface area contributed by atoms with Crippen LogP contribution in [0.5, 0.6) is 0 Å². The lowest BCUT2D eigenvalue weighted by molar-refractivity contribution is -0.0246. The quantitative estimate of drug-likeness (QED) is 0.778. The van der Waals surface area contributed by atoms with E-state index in [4.69, 9.17) is 21.1 Å². The zero-order valence-electron chi connectivity index (χ0n) is 8.38. The molecule has 1 aromatic rings. The summed E-state index contributed by atoms with van der Waals surface area (Å²) in [6, 6.07) is 2.84. The molecule has 2 heterocycles. The molecule has 0 aromatic carbocycles. The Morgan fingerprint density at radius 3 is 2.93 bits per heavy atom. The van der Waals surface area contributed by atoms with Crippen molar-refractivity contribution >= 4 is 11.6 Å². The van der Waals surface area contributed by atoms with Gasteiger partial charge >= 0.3 is 0 Å². The van der Waals surface area contributed by atoms with Crippen molar-refractivity contribution < 1.29 is 9.47 Å². The topological polar surface area (TPSA) is 51.3 Å². The number of ether oxygens (including phenoxy) is 2. The summed E-state index contributed by atoms with van der Waals surface area (Å²) in [6.07, 6.45) is 0.722. The standard InChI is InChI=1S/C10H12ClNO3/c1-14-10(2-3-15-6-10)8-4-7(13)5-9(11)12-8/h4-5H,2-3,6H2,1H3,(H,12,13)/t10-/m1/s1. The van der Waals surface area contributed by atoms with Gasteiger partial charge in [0.1, 0.15) is 10.8 Å². The fraction of sp³-hybridized carbons (Fsp3) is 0.500. The van der Waals surface area contributed by atoms with E-state index in [0.717, 1.165) is 6.42 Å². The molecule has 2 rings (SSSR count). The monoisotopic (exact) mass is 229 g/mol. The number of aromatic amines is 1. The Balaban J connectivity index is 2.46. The van der Waals surface area contributed by atoms with E-state index < -0.39 is 5.60 Å². The van der Waals surface area contributed by atoms with Crippen LogP contribution in [0.4, 0.5) is 0 Å². The maximum Gasteiger partial charge on any atom is 0.183 e. The molecular formula is C10H12ClNO3. The van der Waals surface area contributed by atoms with Crippen LogP contribution in [-0.4, -0.2) is 25.3 Å². The molecule has 0 radical (unpaired) electrons. The minimum atomic E-state index is -0.552. The van der Waals surface area contributed by atoms with Gasteiger partial charge in [0.05, 0.1) is 12.3 Å². The zero-order chi connectivity index (χ0) is 10.9. The van der Waals surface area contributed by atoms with E-state index in [1.54, 1.807) is 7.11 Å². The summed E-state index contributed by atoms with van der Waals surface area (Å²) >= 11 is 5.80. The van der Waals surface area contributed by atoms with Crippen LogP contribution in [0, 0.1) is 0 Å². The highest BCUT2D eigenvalue weighted by atomic mass is 35.5. The number of pyridine rings is 1. The van der Waals surface area contributed by atoms with Crippen molar-refractivity contribution in [1.29, 1.82) is 0 Å². The van der Waals surface area contributed by atoms with Gasteiger partial charge in [-0.1, -0.05) is 11.6 Å². The molecule has 0 aliphatic carbocycles. The lowest BCUT2D eigenvalue weighted by Gasteiger charge is -2.25. The molecule has 1 aliphatic rings. The van der Waals surface area contributed by atoms with E-state index in [2.05, 4.69) is 4.98 Å². The van der Waals surface area contributed by atoms with Crippen molar-refractivity contribution in [2.75, 3.05) is 20.3 Å². The molecule has 1 fully saturated rings. The van der Waals surface area contributed by atoms with Crippen LogP contribution in [0.25, 0.3) is 0 Å². The molecule has 0 amide bonds. The molecular weight excluding hydrogens is 218 g/mol. The van der Waals surface area contributed by atoms with Gasteiger partial charge in [-0.05, 0) is 0 Å². The third-order valence-corrected chi connectivity index (χ3v) is 2.88. The van der Waals surface area contributed by atoms with Gasteiger partial charge in [-0.2, -0.15) is 0 Å². The first kappa shape index (κ1) is 10.7. The highest BCUT2D eigenvalue weighted by Crippen LogP contribution is 2.32. The van der Waals surface area contributed by atoms with Crippen LogP contribution in [-0.2, 0) is 15.1 Å². The number of aromatic nitrogens is 1. The summed E-state index contributed by atoms with van der Waals surface area (Å²) < 4.78 is 10.7. The summed E-state index contributed by atoms with van der Waals surface area (Å²) in [5.41, 5.74) is 0.00132. The smallest absolute Gasteiger partial charge is 0.183 e. The lowest BCUT2D eigenvalue weighted by Crippen LogP contribution is -2.31. The number of H-pyrrole nitrogens is 1. The average molecular weight is 230 g/mol. The van der Waals surface area contributed by atoms with Crippen molar-refractivity contribution in [1.82, 2.24) is 4.98 Å². The molecule has 4 nitrogen and oxygen atoms in total. The van der Waals surface area contributed by atoms with Gasteiger partial charge in [-0.15, -0.1) is 0 Å². The van der Waals surface area contributed by atoms with Gasteiger partial charge in [-0.25, -0.2) is 0 Å². The van der Waals surface area contributed by atoms with Crippen molar-refractivity contribution in [2.24, 2.45) is 0 Å². The molecule has 0 spiro atoms. The minimum Gasteiger partial charge on any atom is -0.378 e. The summed E-state index contributed by atoms with van der Waals surface area (Å²) in [4.78, 5) is 14.3. The summed E-state index contributed by atoms with van der Waals surface area (Å²) in [5.74, 6) is 0. The number of rotatable bonds is 2. The van der Waals surface area contributed by atoms with Crippen LogP contribution in [0.2, 0.25) is 5.15 Å². The van der Waals surface area contributed by atoms with Crippen LogP contribution in [0.1, 0.15) is 12.1 Å². The molecule has 1 saturated heterocycles. The van der Waals surface area contributed by atoms with Gasteiger partial charge in [0, 0.05) is 32.3 Å². The summed E-state index contributed by atoms with van der Waals surface area (Å²) in [7, 11) is 1.61. The predicted molar refractivity (Wildman–Crippen MR) is 56.2 cm³/mol. The maximum absolute atomic E-state index is 11.3. The number of methoxy groups -OCH3 is 1. The van der Waals surface area contributed by atoms with E-state index in [1.807, 2.05) is 0 Å². The molecule has 0 unspecified atom stereocenters. The second-order valence-electron chi connectivity index (χ2n) is 3.58. The summed E-state index contributed by atoms with van der Waals surface area (Å²) in [5, 5.41) is 0.320. The van der Waals surface area contributed by atoms with E-state index in [1.165, 1.54) is 12.1 Å². The Hall–Kier alpha value is -0.840. The van der Waals surface area contributed by atoms with E-state index in [9.17, 15) is 4.79 Å². The molecule has 0 saturated carbocycles. The first-order valence-electron chi connectivity index (χ1n) is 4.69. The second-order valence-corrected chi connectivity index (χ2v) is 3.99. The number of hydrogen-bond acceptors (Lipinski definition) is 3. The van der Waals surface area contributed by atoms with Gasteiger partial charge in [0.25, 0.3) is 0 Å². The zero-order valence-corrected chi connectivity index (χ0v) is 9.13. The van der Waals surface area contributed by atoms with Gasteiger partial charge in [0.2, 0.25) is 0 Å². The minimum absolute atomic E-state index is 0.128. The number of nitrogens with one attached hydrogen (secondary N) is 1. The third kappa shape index (κ3) is 1.93. The Morgan fingerprint density at radius 1 is 1.60 bits per heavy atom. The maximum atomic E-state index is 11.3. The molecule has 1 atom stereocenters. The molecule has 15 heavy (non-hydrogen) atoms.